The Balaban J connectivity index is 2.33. The van der Waals surface area contributed by atoms with Crippen LogP contribution < -0.4 is 10.2 Å². The van der Waals surface area contributed by atoms with Gasteiger partial charge in [0, 0.05) is 38.5 Å². The van der Waals surface area contributed by atoms with Crippen molar-refractivity contribution in [3.05, 3.63) is 33.9 Å². The highest BCUT2D eigenvalue weighted by Gasteiger charge is 2.24. The number of hydrogen-bond acceptors (Lipinski definition) is 5. The van der Waals surface area contributed by atoms with Gasteiger partial charge in [0.25, 0.3) is 11.6 Å². The van der Waals surface area contributed by atoms with Crippen molar-refractivity contribution in [3.8, 4) is 0 Å². The van der Waals surface area contributed by atoms with Crippen molar-refractivity contribution >= 4 is 17.3 Å². The number of nitro benzene ring substituents is 1. The first-order chi connectivity index (χ1) is 10.1. The largest absolute Gasteiger partial charge is 0.396 e. The number of aliphatic hydroxyl groups excluding tert-OH is 1. The molecule has 1 aromatic rings. The van der Waals surface area contributed by atoms with Gasteiger partial charge in [-0.3, -0.25) is 14.9 Å². The van der Waals surface area contributed by atoms with E-state index in [1.165, 1.54) is 13.1 Å². The van der Waals surface area contributed by atoms with Crippen molar-refractivity contribution in [3.63, 3.8) is 0 Å². The number of anilines is 1. The molecule has 2 N–H and O–H groups in total. The monoisotopic (exact) mass is 293 g/mol. The third-order valence-electron chi connectivity index (χ3n) is 3.79. The second-order valence-electron chi connectivity index (χ2n) is 5.17. The normalized spacial score (nSPS) is 18.4. The third-order valence-corrected chi connectivity index (χ3v) is 3.79. The quantitative estimate of drug-likeness (QED) is 0.641. The van der Waals surface area contributed by atoms with Crippen LogP contribution in [0.1, 0.15) is 23.2 Å². The van der Waals surface area contributed by atoms with E-state index in [0.717, 1.165) is 25.1 Å². The van der Waals surface area contributed by atoms with Gasteiger partial charge in [-0.2, -0.15) is 0 Å². The lowest BCUT2D eigenvalue weighted by Crippen LogP contribution is -2.37. The number of amides is 1. The maximum absolute atomic E-state index is 11.8. The van der Waals surface area contributed by atoms with Crippen LogP contribution in [0, 0.1) is 16.0 Å². The van der Waals surface area contributed by atoms with Crippen LogP contribution in [0.15, 0.2) is 18.2 Å². The minimum atomic E-state index is -0.554. The Morgan fingerprint density at radius 1 is 1.57 bits per heavy atom. The predicted octanol–water partition coefficient (Wildman–Crippen LogP) is 1.16. The van der Waals surface area contributed by atoms with Gasteiger partial charge < -0.3 is 15.3 Å². The first kappa shape index (κ1) is 15.2. The third kappa shape index (κ3) is 3.30. The van der Waals surface area contributed by atoms with Crippen molar-refractivity contribution in [1.82, 2.24) is 5.32 Å². The van der Waals surface area contributed by atoms with Gasteiger partial charge in [0.1, 0.15) is 5.56 Å². The number of carbonyl (C=O) groups is 1. The molecule has 7 heteroatoms. The SMILES string of the molecule is CNC(=O)c1cc(N2CCCC(CO)C2)ccc1[N+](=O)[O-]. The fourth-order valence-corrected chi connectivity index (χ4v) is 2.65. The Morgan fingerprint density at radius 2 is 2.33 bits per heavy atom. The van der Waals surface area contributed by atoms with Crippen LogP contribution in [0.4, 0.5) is 11.4 Å². The molecule has 1 aliphatic heterocycles. The molecule has 1 aromatic carbocycles. The van der Waals surface area contributed by atoms with Gasteiger partial charge >= 0.3 is 0 Å². The summed E-state index contributed by atoms with van der Waals surface area (Å²) in [7, 11) is 1.45. The zero-order valence-corrected chi connectivity index (χ0v) is 11.9. The van der Waals surface area contributed by atoms with Gasteiger partial charge in [0.05, 0.1) is 4.92 Å². The average Bonchev–Trinajstić information content (AvgIpc) is 2.53. The molecule has 0 spiro atoms. The summed E-state index contributed by atoms with van der Waals surface area (Å²) in [6, 6.07) is 4.57. The molecule has 2 rings (SSSR count). The lowest BCUT2D eigenvalue weighted by Gasteiger charge is -2.33. The fourth-order valence-electron chi connectivity index (χ4n) is 2.65. The molecule has 1 saturated heterocycles. The average molecular weight is 293 g/mol. The van der Waals surface area contributed by atoms with E-state index in [0.29, 0.717) is 6.54 Å². The van der Waals surface area contributed by atoms with Crippen LogP contribution in [-0.4, -0.2) is 42.7 Å². The van der Waals surface area contributed by atoms with Gasteiger partial charge in [0.15, 0.2) is 0 Å². The summed E-state index contributed by atoms with van der Waals surface area (Å²) in [5.41, 5.74) is 0.636. The number of aliphatic hydroxyl groups is 1. The Kier molecular flexibility index (Phi) is 4.74. The number of benzene rings is 1. The number of nitro groups is 1. The zero-order valence-electron chi connectivity index (χ0n) is 11.9. The van der Waals surface area contributed by atoms with E-state index < -0.39 is 10.8 Å². The van der Waals surface area contributed by atoms with E-state index in [1.54, 1.807) is 12.1 Å². The minimum Gasteiger partial charge on any atom is -0.396 e. The second-order valence-corrected chi connectivity index (χ2v) is 5.17. The van der Waals surface area contributed by atoms with Crippen LogP contribution in [0.2, 0.25) is 0 Å². The molecule has 114 valence electrons. The first-order valence-electron chi connectivity index (χ1n) is 6.93. The molecule has 0 bridgehead atoms. The minimum absolute atomic E-state index is 0.0612. The molecular weight excluding hydrogens is 274 g/mol. The van der Waals surface area contributed by atoms with Crippen molar-refractivity contribution in [2.24, 2.45) is 5.92 Å². The number of carbonyl (C=O) groups excluding carboxylic acids is 1. The maximum atomic E-state index is 11.8. The molecular formula is C14H19N3O4. The summed E-state index contributed by atoms with van der Waals surface area (Å²) >= 11 is 0. The lowest BCUT2D eigenvalue weighted by molar-refractivity contribution is -0.385. The van der Waals surface area contributed by atoms with E-state index in [4.69, 9.17) is 0 Å². The highest BCUT2D eigenvalue weighted by molar-refractivity contribution is 5.99. The molecule has 0 radical (unpaired) electrons. The summed E-state index contributed by atoms with van der Waals surface area (Å²) in [6.07, 6.45) is 1.93. The smallest absolute Gasteiger partial charge is 0.282 e. The number of nitrogens with one attached hydrogen (secondary N) is 1. The molecule has 0 aromatic heterocycles. The number of rotatable bonds is 4. The highest BCUT2D eigenvalue weighted by atomic mass is 16.6. The fraction of sp³-hybridized carbons (Fsp3) is 0.500. The van der Waals surface area contributed by atoms with Crippen LogP contribution in [0.25, 0.3) is 0 Å². The van der Waals surface area contributed by atoms with Gasteiger partial charge in [-0.05, 0) is 30.9 Å². The summed E-state index contributed by atoms with van der Waals surface area (Å²) < 4.78 is 0. The van der Waals surface area contributed by atoms with Crippen molar-refractivity contribution in [1.29, 1.82) is 0 Å². The topological polar surface area (TPSA) is 95.7 Å². The summed E-state index contributed by atoms with van der Waals surface area (Å²) in [4.78, 5) is 24.3. The second kappa shape index (κ2) is 6.53. The molecule has 7 nitrogen and oxygen atoms in total. The van der Waals surface area contributed by atoms with Crippen LogP contribution in [-0.2, 0) is 0 Å². The molecule has 1 unspecified atom stereocenters. The molecule has 21 heavy (non-hydrogen) atoms. The Bertz CT molecular complexity index is 547. The van der Waals surface area contributed by atoms with E-state index in [9.17, 15) is 20.0 Å². The van der Waals surface area contributed by atoms with Crippen LogP contribution in [0.3, 0.4) is 0 Å². The summed E-state index contributed by atoms with van der Waals surface area (Å²) in [5, 5.41) is 22.7. The van der Waals surface area contributed by atoms with Crippen molar-refractivity contribution in [2.45, 2.75) is 12.8 Å². The zero-order chi connectivity index (χ0) is 15.4. The van der Waals surface area contributed by atoms with Gasteiger partial charge in [-0.15, -0.1) is 0 Å². The molecule has 1 atom stereocenters. The molecule has 0 aliphatic carbocycles. The Labute approximate surface area is 122 Å². The lowest BCUT2D eigenvalue weighted by atomic mass is 9.98. The number of hydrogen-bond donors (Lipinski definition) is 2. The molecule has 1 heterocycles. The maximum Gasteiger partial charge on any atom is 0.282 e. The van der Waals surface area contributed by atoms with E-state index in [2.05, 4.69) is 10.2 Å². The first-order valence-corrected chi connectivity index (χ1v) is 6.93. The number of nitrogens with zero attached hydrogens (tertiary/aromatic N) is 2. The Hall–Kier alpha value is -2.15. The Morgan fingerprint density at radius 3 is 2.95 bits per heavy atom. The molecule has 1 aliphatic rings. The molecule has 1 fully saturated rings. The number of piperidine rings is 1. The van der Waals surface area contributed by atoms with E-state index in [-0.39, 0.29) is 23.8 Å². The van der Waals surface area contributed by atoms with Crippen LogP contribution >= 0.6 is 0 Å². The van der Waals surface area contributed by atoms with Crippen molar-refractivity contribution < 1.29 is 14.8 Å². The van der Waals surface area contributed by atoms with Gasteiger partial charge in [-0.1, -0.05) is 0 Å². The van der Waals surface area contributed by atoms with Crippen LogP contribution in [0.5, 0.6) is 0 Å². The highest BCUT2D eigenvalue weighted by Crippen LogP contribution is 2.28. The molecule has 1 amide bonds. The van der Waals surface area contributed by atoms with Gasteiger partial charge in [-0.25, -0.2) is 0 Å². The predicted molar refractivity (Wildman–Crippen MR) is 78.5 cm³/mol. The van der Waals surface area contributed by atoms with Gasteiger partial charge in [0.2, 0.25) is 0 Å². The van der Waals surface area contributed by atoms with E-state index >= 15 is 0 Å². The molecule has 0 saturated carbocycles. The summed E-state index contributed by atoms with van der Waals surface area (Å²) in [5.74, 6) is -0.267. The summed E-state index contributed by atoms with van der Waals surface area (Å²) in [6.45, 7) is 1.65. The standard InChI is InChI=1S/C14H19N3O4/c1-15-14(19)12-7-11(4-5-13(12)17(20)21)16-6-2-3-10(8-16)9-18/h4-5,7,10,18H,2-3,6,8-9H2,1H3,(H,15,19). The van der Waals surface area contributed by atoms with E-state index in [1.807, 2.05) is 0 Å². The van der Waals surface area contributed by atoms with Crippen molar-refractivity contribution in [2.75, 3.05) is 31.6 Å².